The van der Waals surface area contributed by atoms with Gasteiger partial charge >= 0.3 is 0 Å². The van der Waals surface area contributed by atoms with E-state index in [1.165, 1.54) is 12.8 Å². The highest BCUT2D eigenvalue weighted by Gasteiger charge is 2.16. The van der Waals surface area contributed by atoms with Gasteiger partial charge in [0.1, 0.15) is 0 Å². The van der Waals surface area contributed by atoms with E-state index >= 15 is 0 Å². The standard InChI is InChI=1S/C4H6S.C2H4O2/c5-3-4-1-2-4;1-2(3)4/h3-4H,1-2H2;1H3,(H,3,4). The Morgan fingerprint density at radius 2 is 2.11 bits per heavy atom. The first-order valence-corrected chi connectivity index (χ1v) is 3.28. The summed E-state index contributed by atoms with van der Waals surface area (Å²) in [6.07, 6.45) is 2.70. The van der Waals surface area contributed by atoms with Crippen molar-refractivity contribution in [3.63, 3.8) is 0 Å². The molecule has 3 heteroatoms. The first-order valence-electron chi connectivity index (χ1n) is 2.81. The molecule has 0 unspecified atom stereocenters. The second kappa shape index (κ2) is 4.44. The average Bonchev–Trinajstić information content (AvgIpc) is 2.43. The van der Waals surface area contributed by atoms with Crippen molar-refractivity contribution >= 4 is 23.6 Å². The van der Waals surface area contributed by atoms with Crippen molar-refractivity contribution in [1.82, 2.24) is 0 Å². The highest BCUT2D eigenvalue weighted by Crippen LogP contribution is 2.25. The van der Waals surface area contributed by atoms with Gasteiger partial charge in [-0.05, 0) is 24.1 Å². The molecule has 0 radical (unpaired) electrons. The topological polar surface area (TPSA) is 37.3 Å². The zero-order valence-electron chi connectivity index (χ0n) is 5.33. The zero-order chi connectivity index (χ0) is 7.28. The van der Waals surface area contributed by atoms with E-state index in [0.29, 0.717) is 0 Å². The quantitative estimate of drug-likeness (QED) is 0.569. The number of aliphatic carboxylic acids is 1. The number of rotatable bonds is 1. The number of hydrogen-bond acceptors (Lipinski definition) is 2. The smallest absolute Gasteiger partial charge is 0.300 e. The van der Waals surface area contributed by atoms with Gasteiger partial charge in [0.15, 0.2) is 0 Å². The Balaban J connectivity index is 0.000000148. The monoisotopic (exact) mass is 146 g/mol. The maximum absolute atomic E-state index is 9.00. The molecule has 0 aliphatic heterocycles. The van der Waals surface area contributed by atoms with Gasteiger partial charge in [-0.1, -0.05) is 12.2 Å². The molecule has 0 heterocycles. The second-order valence-corrected chi connectivity index (χ2v) is 2.26. The minimum absolute atomic E-state index is 0.824. The van der Waals surface area contributed by atoms with Gasteiger partial charge in [0.25, 0.3) is 5.97 Å². The second-order valence-electron chi connectivity index (χ2n) is 1.99. The molecule has 0 spiro atoms. The van der Waals surface area contributed by atoms with Crippen molar-refractivity contribution < 1.29 is 9.90 Å². The first kappa shape index (κ1) is 8.56. The molecule has 0 amide bonds. The van der Waals surface area contributed by atoms with Crippen LogP contribution in [0.15, 0.2) is 0 Å². The van der Waals surface area contributed by atoms with Crippen molar-refractivity contribution in [1.29, 1.82) is 0 Å². The molecule has 2 nitrogen and oxygen atoms in total. The number of carboxylic acids is 1. The number of hydrogen-bond donors (Lipinski definition) is 1. The first-order chi connectivity index (χ1) is 4.16. The van der Waals surface area contributed by atoms with Crippen LogP contribution in [0, 0.1) is 5.92 Å². The number of carboxylic acid groups (broad SMARTS) is 1. The van der Waals surface area contributed by atoms with E-state index in [0.717, 1.165) is 12.8 Å². The van der Waals surface area contributed by atoms with Crippen molar-refractivity contribution in [3.05, 3.63) is 0 Å². The van der Waals surface area contributed by atoms with Crippen LogP contribution in [0.4, 0.5) is 0 Å². The van der Waals surface area contributed by atoms with Crippen LogP contribution in [0.25, 0.3) is 0 Å². The molecule has 1 N–H and O–H groups in total. The van der Waals surface area contributed by atoms with Crippen molar-refractivity contribution in [2.75, 3.05) is 0 Å². The zero-order valence-corrected chi connectivity index (χ0v) is 6.15. The van der Waals surface area contributed by atoms with Gasteiger partial charge in [0, 0.05) is 6.92 Å². The van der Waals surface area contributed by atoms with Crippen LogP contribution in [0.5, 0.6) is 0 Å². The molecule has 0 atom stereocenters. The molecule has 1 fully saturated rings. The largest absolute Gasteiger partial charge is 0.481 e. The summed E-state index contributed by atoms with van der Waals surface area (Å²) in [4.78, 5) is 9.00. The summed E-state index contributed by atoms with van der Waals surface area (Å²) in [6, 6.07) is 0. The van der Waals surface area contributed by atoms with Crippen LogP contribution in [-0.2, 0) is 4.79 Å². The number of carbonyl (C=O) groups is 1. The highest BCUT2D eigenvalue weighted by molar-refractivity contribution is 7.79. The van der Waals surface area contributed by atoms with Crippen LogP contribution in [0.3, 0.4) is 0 Å². The third-order valence-electron chi connectivity index (χ3n) is 0.814. The molecule has 0 aromatic carbocycles. The summed E-state index contributed by atoms with van der Waals surface area (Å²) < 4.78 is 0. The SMILES string of the molecule is CC(=O)O.S=CC1CC1. The van der Waals surface area contributed by atoms with Gasteiger partial charge < -0.3 is 5.11 Å². The molecule has 9 heavy (non-hydrogen) atoms. The van der Waals surface area contributed by atoms with Crippen molar-refractivity contribution in [2.24, 2.45) is 5.92 Å². The lowest BCUT2D eigenvalue weighted by Crippen LogP contribution is -1.78. The maximum atomic E-state index is 9.00. The molecule has 1 aliphatic rings. The van der Waals surface area contributed by atoms with E-state index in [9.17, 15) is 0 Å². The minimum atomic E-state index is -0.833. The molecule has 1 aliphatic carbocycles. The molecule has 1 saturated carbocycles. The normalized spacial score (nSPS) is 15.2. The Labute approximate surface area is 59.9 Å². The van der Waals surface area contributed by atoms with E-state index in [2.05, 4.69) is 12.2 Å². The van der Waals surface area contributed by atoms with Crippen LogP contribution >= 0.6 is 12.2 Å². The third-order valence-corrected chi connectivity index (χ3v) is 1.20. The Kier molecular flexibility index (Phi) is 4.22. The van der Waals surface area contributed by atoms with Gasteiger partial charge in [0.05, 0.1) is 0 Å². The van der Waals surface area contributed by atoms with Gasteiger partial charge in [0.2, 0.25) is 0 Å². The van der Waals surface area contributed by atoms with Crippen LogP contribution in [0.2, 0.25) is 0 Å². The van der Waals surface area contributed by atoms with E-state index in [4.69, 9.17) is 9.90 Å². The summed E-state index contributed by atoms with van der Waals surface area (Å²) in [6.45, 7) is 1.08. The molecule has 0 bridgehead atoms. The summed E-state index contributed by atoms with van der Waals surface area (Å²) >= 11 is 4.61. The van der Waals surface area contributed by atoms with Gasteiger partial charge in [-0.15, -0.1) is 0 Å². The summed E-state index contributed by atoms with van der Waals surface area (Å²) in [5, 5.41) is 9.28. The molecule has 0 aromatic rings. The van der Waals surface area contributed by atoms with E-state index < -0.39 is 5.97 Å². The Morgan fingerprint density at radius 3 is 2.11 bits per heavy atom. The van der Waals surface area contributed by atoms with Crippen LogP contribution in [0.1, 0.15) is 19.8 Å². The molecule has 0 aromatic heterocycles. The van der Waals surface area contributed by atoms with Crippen molar-refractivity contribution in [3.8, 4) is 0 Å². The molecule has 1 rings (SSSR count). The Morgan fingerprint density at radius 1 is 1.78 bits per heavy atom. The molecule has 52 valence electrons. The lowest BCUT2D eigenvalue weighted by Gasteiger charge is -1.60. The maximum Gasteiger partial charge on any atom is 0.300 e. The molecular formula is C6H10O2S. The third kappa shape index (κ3) is 11.2. The van der Waals surface area contributed by atoms with Gasteiger partial charge in [-0.25, -0.2) is 0 Å². The predicted octanol–water partition coefficient (Wildman–Crippen LogP) is 1.49. The lowest BCUT2D eigenvalue weighted by atomic mass is 10.5. The fourth-order valence-electron chi connectivity index (χ4n) is 0.232. The van der Waals surface area contributed by atoms with Crippen molar-refractivity contribution in [2.45, 2.75) is 19.8 Å². The molecule has 0 saturated heterocycles. The van der Waals surface area contributed by atoms with Gasteiger partial charge in [-0.3, -0.25) is 4.79 Å². The fraction of sp³-hybridized carbons (Fsp3) is 0.667. The Hall–Kier alpha value is -0.440. The van der Waals surface area contributed by atoms with Crippen LogP contribution < -0.4 is 0 Å². The minimum Gasteiger partial charge on any atom is -0.481 e. The van der Waals surface area contributed by atoms with Crippen LogP contribution in [-0.4, -0.2) is 16.4 Å². The molecular weight excluding hydrogens is 136 g/mol. The number of thiocarbonyl (C=S) groups is 1. The predicted molar refractivity (Wildman–Crippen MR) is 39.7 cm³/mol. The lowest BCUT2D eigenvalue weighted by molar-refractivity contribution is -0.134. The summed E-state index contributed by atoms with van der Waals surface area (Å²) in [5.74, 6) is -0.00926. The summed E-state index contributed by atoms with van der Waals surface area (Å²) in [7, 11) is 0. The average molecular weight is 146 g/mol. The van der Waals surface area contributed by atoms with E-state index in [-0.39, 0.29) is 0 Å². The fourth-order valence-corrected chi connectivity index (χ4v) is 0.504. The Bertz CT molecular complexity index is 104. The van der Waals surface area contributed by atoms with E-state index in [1.807, 2.05) is 5.37 Å². The summed E-state index contributed by atoms with van der Waals surface area (Å²) in [5.41, 5.74) is 0. The highest BCUT2D eigenvalue weighted by atomic mass is 32.1. The van der Waals surface area contributed by atoms with E-state index in [1.54, 1.807) is 0 Å². The van der Waals surface area contributed by atoms with Gasteiger partial charge in [-0.2, -0.15) is 0 Å².